The number of amides is 1. The molecule has 1 heterocycles. The van der Waals surface area contributed by atoms with E-state index in [2.05, 4.69) is 10.3 Å². The Morgan fingerprint density at radius 2 is 1.84 bits per heavy atom. The number of carbonyl (C=O) groups is 1. The summed E-state index contributed by atoms with van der Waals surface area (Å²) in [7, 11) is 3.93. The number of hydrogen-bond donors (Lipinski definition) is 1. The van der Waals surface area contributed by atoms with Crippen LogP contribution in [0.2, 0.25) is 5.02 Å². The van der Waals surface area contributed by atoms with Gasteiger partial charge in [0.05, 0.1) is 16.2 Å². The zero-order chi connectivity index (χ0) is 22.7. The summed E-state index contributed by atoms with van der Waals surface area (Å²) in [5.74, 6) is 0.0963. The first-order chi connectivity index (χ1) is 14.7. The lowest BCUT2D eigenvalue weighted by Gasteiger charge is -2.18. The number of anilines is 2. The maximum Gasteiger partial charge on any atom is 0.262 e. The van der Waals surface area contributed by atoms with Gasteiger partial charge in [0.25, 0.3) is 5.56 Å². The van der Waals surface area contributed by atoms with Crippen molar-refractivity contribution >= 4 is 51.5 Å². The highest BCUT2D eigenvalue weighted by molar-refractivity contribution is 8.00. The summed E-state index contributed by atoms with van der Waals surface area (Å²) < 4.78 is 1.64. The molecule has 2 aromatic carbocycles. The molecule has 0 spiro atoms. The van der Waals surface area contributed by atoms with E-state index in [9.17, 15) is 9.59 Å². The number of carbonyl (C=O) groups excluding carboxylic acids is 1. The van der Waals surface area contributed by atoms with E-state index in [0.717, 1.165) is 11.4 Å². The smallest absolute Gasteiger partial charge is 0.262 e. The monoisotopic (exact) mass is 458 g/mol. The summed E-state index contributed by atoms with van der Waals surface area (Å²) in [6.45, 7) is 6.40. The molecule has 0 fully saturated rings. The number of nitrogens with one attached hydrogen (secondary N) is 1. The minimum absolute atomic E-state index is 0.143. The predicted molar refractivity (Wildman–Crippen MR) is 131 cm³/mol. The largest absolute Gasteiger partial charge is 0.378 e. The maximum atomic E-state index is 13.1. The summed E-state index contributed by atoms with van der Waals surface area (Å²) in [6.07, 6.45) is 0. The number of halogens is 1. The molecule has 8 heteroatoms. The van der Waals surface area contributed by atoms with Gasteiger partial charge in [0.2, 0.25) is 5.91 Å². The zero-order valence-corrected chi connectivity index (χ0v) is 19.9. The van der Waals surface area contributed by atoms with Crippen LogP contribution in [0.1, 0.15) is 20.8 Å². The number of rotatable bonds is 7. The van der Waals surface area contributed by atoms with Gasteiger partial charge in [-0.2, -0.15) is 0 Å². The van der Waals surface area contributed by atoms with Crippen LogP contribution >= 0.6 is 23.4 Å². The Labute approximate surface area is 191 Å². The molecular formula is C23H27ClN4O2S. The average Bonchev–Trinajstić information content (AvgIpc) is 2.71. The Hall–Kier alpha value is -2.51. The van der Waals surface area contributed by atoms with E-state index in [1.807, 2.05) is 64.0 Å². The Kier molecular flexibility index (Phi) is 7.28. The molecule has 0 saturated heterocycles. The van der Waals surface area contributed by atoms with E-state index in [0.29, 0.717) is 27.6 Å². The van der Waals surface area contributed by atoms with Crippen molar-refractivity contribution in [2.75, 3.05) is 24.3 Å². The lowest BCUT2D eigenvalue weighted by Crippen LogP contribution is -2.28. The molecule has 1 amide bonds. The Bertz CT molecular complexity index is 1140. The molecule has 1 N–H and O–H groups in total. The van der Waals surface area contributed by atoms with Gasteiger partial charge in [-0.3, -0.25) is 14.2 Å². The molecule has 1 aromatic heterocycles. The van der Waals surface area contributed by atoms with Crippen molar-refractivity contribution in [3.63, 3.8) is 0 Å². The average molecular weight is 459 g/mol. The molecule has 0 aliphatic carbocycles. The fourth-order valence-corrected chi connectivity index (χ4v) is 4.18. The van der Waals surface area contributed by atoms with E-state index in [1.54, 1.807) is 22.8 Å². The van der Waals surface area contributed by atoms with Crippen LogP contribution in [-0.2, 0) is 11.3 Å². The van der Waals surface area contributed by atoms with Crippen LogP contribution < -0.4 is 15.8 Å². The minimum Gasteiger partial charge on any atom is -0.378 e. The topological polar surface area (TPSA) is 67.2 Å². The summed E-state index contributed by atoms with van der Waals surface area (Å²) >= 11 is 7.36. The summed E-state index contributed by atoms with van der Waals surface area (Å²) in [5, 5.41) is 4.00. The standard InChI is InChI=1S/C23H27ClN4O2S/c1-14(2)13-28-22(30)19-12-16(24)6-11-20(19)26-23(28)31-15(3)21(29)25-17-7-9-18(10-8-17)27(4)5/h6-12,14-15H,13H2,1-5H3,(H,25,29). The van der Waals surface area contributed by atoms with Gasteiger partial charge in [0, 0.05) is 37.0 Å². The van der Waals surface area contributed by atoms with Crippen molar-refractivity contribution in [3.8, 4) is 0 Å². The third-order valence-electron chi connectivity index (χ3n) is 4.73. The van der Waals surface area contributed by atoms with Gasteiger partial charge in [-0.1, -0.05) is 37.2 Å². The molecule has 31 heavy (non-hydrogen) atoms. The Balaban J connectivity index is 1.86. The van der Waals surface area contributed by atoms with Crippen LogP contribution in [0, 0.1) is 5.92 Å². The molecule has 6 nitrogen and oxygen atoms in total. The minimum atomic E-state index is -0.441. The van der Waals surface area contributed by atoms with Crippen molar-refractivity contribution in [2.45, 2.75) is 37.7 Å². The highest BCUT2D eigenvalue weighted by atomic mass is 35.5. The van der Waals surface area contributed by atoms with E-state index in [4.69, 9.17) is 11.6 Å². The molecule has 3 aromatic rings. The van der Waals surface area contributed by atoms with Gasteiger partial charge in [0.1, 0.15) is 0 Å². The fraction of sp³-hybridized carbons (Fsp3) is 0.348. The van der Waals surface area contributed by atoms with Gasteiger partial charge in [0.15, 0.2) is 5.16 Å². The van der Waals surface area contributed by atoms with E-state index < -0.39 is 5.25 Å². The van der Waals surface area contributed by atoms with Gasteiger partial charge < -0.3 is 10.2 Å². The highest BCUT2D eigenvalue weighted by Crippen LogP contribution is 2.25. The van der Waals surface area contributed by atoms with Crippen LogP contribution in [0.4, 0.5) is 11.4 Å². The third kappa shape index (κ3) is 5.60. The maximum absolute atomic E-state index is 13.1. The highest BCUT2D eigenvalue weighted by Gasteiger charge is 2.20. The number of nitrogens with zero attached hydrogens (tertiary/aromatic N) is 3. The first-order valence-electron chi connectivity index (χ1n) is 10.1. The number of aromatic nitrogens is 2. The molecule has 3 rings (SSSR count). The van der Waals surface area contributed by atoms with Crippen LogP contribution in [0.25, 0.3) is 10.9 Å². The van der Waals surface area contributed by atoms with Crippen LogP contribution in [-0.4, -0.2) is 34.8 Å². The number of benzene rings is 2. The van der Waals surface area contributed by atoms with Gasteiger partial charge in [-0.15, -0.1) is 0 Å². The second-order valence-corrected chi connectivity index (χ2v) is 9.80. The van der Waals surface area contributed by atoms with Crippen LogP contribution in [0.3, 0.4) is 0 Å². The number of fused-ring (bicyclic) bond motifs is 1. The summed E-state index contributed by atoms with van der Waals surface area (Å²) in [5.41, 5.74) is 2.21. The van der Waals surface area contributed by atoms with Gasteiger partial charge >= 0.3 is 0 Å². The molecule has 164 valence electrons. The van der Waals surface area contributed by atoms with E-state index in [1.165, 1.54) is 11.8 Å². The lowest BCUT2D eigenvalue weighted by atomic mass is 10.2. The van der Waals surface area contributed by atoms with Crippen LogP contribution in [0.5, 0.6) is 0 Å². The van der Waals surface area contributed by atoms with E-state index in [-0.39, 0.29) is 17.4 Å². The molecule has 0 aliphatic heterocycles. The molecule has 0 saturated carbocycles. The summed E-state index contributed by atoms with van der Waals surface area (Å²) in [4.78, 5) is 32.6. The molecular weight excluding hydrogens is 432 g/mol. The SMILES string of the molecule is CC(C)Cn1c(SC(C)C(=O)Nc2ccc(N(C)C)cc2)nc2ccc(Cl)cc2c1=O. The molecule has 0 radical (unpaired) electrons. The zero-order valence-electron chi connectivity index (χ0n) is 18.3. The first kappa shape index (κ1) is 23.2. The first-order valence-corrected chi connectivity index (χ1v) is 11.4. The molecule has 0 bridgehead atoms. The van der Waals surface area contributed by atoms with Gasteiger partial charge in [-0.25, -0.2) is 4.98 Å². The van der Waals surface area contributed by atoms with Crippen molar-refractivity contribution in [2.24, 2.45) is 5.92 Å². The fourth-order valence-electron chi connectivity index (χ4n) is 3.09. The van der Waals surface area contributed by atoms with Crippen molar-refractivity contribution in [1.29, 1.82) is 0 Å². The van der Waals surface area contributed by atoms with Crippen LogP contribution in [0.15, 0.2) is 52.4 Å². The molecule has 0 aliphatic rings. The molecule has 1 atom stereocenters. The quantitative estimate of drug-likeness (QED) is 0.403. The van der Waals surface area contributed by atoms with Crippen molar-refractivity contribution < 1.29 is 4.79 Å². The van der Waals surface area contributed by atoms with Gasteiger partial charge in [-0.05, 0) is 55.3 Å². The molecule has 1 unspecified atom stereocenters. The number of thioether (sulfide) groups is 1. The Morgan fingerprint density at radius 1 is 1.16 bits per heavy atom. The number of hydrogen-bond acceptors (Lipinski definition) is 5. The Morgan fingerprint density at radius 3 is 2.45 bits per heavy atom. The lowest BCUT2D eigenvalue weighted by molar-refractivity contribution is -0.115. The second kappa shape index (κ2) is 9.75. The van der Waals surface area contributed by atoms with E-state index >= 15 is 0 Å². The third-order valence-corrected chi connectivity index (χ3v) is 6.06. The van der Waals surface area contributed by atoms with Crippen molar-refractivity contribution in [1.82, 2.24) is 9.55 Å². The summed E-state index contributed by atoms with van der Waals surface area (Å²) in [6, 6.07) is 12.7. The normalized spacial score (nSPS) is 12.2. The van der Waals surface area contributed by atoms with Crippen molar-refractivity contribution in [3.05, 3.63) is 57.8 Å². The second-order valence-electron chi connectivity index (χ2n) is 8.06. The predicted octanol–water partition coefficient (Wildman–Crippen LogP) is 4.89.